The average molecular weight is 499 g/mol. The number of sulfone groups is 1. The standard InChI is InChI=1S/C27H31FN2O4S/c1-26(2,3)18-27(32)12-15-30(16-13-27)25(31)20-8-6-19(7-9-20)17-35(33,34)23-11-10-22(28)21-5-4-14-29-24(21)23/h4-11,14,32H,12-13,15-18H2,1-3H3. The summed E-state index contributed by atoms with van der Waals surface area (Å²) >= 11 is 0. The lowest BCUT2D eigenvalue weighted by Crippen LogP contribution is -2.48. The van der Waals surface area contributed by atoms with E-state index in [1.807, 2.05) is 0 Å². The summed E-state index contributed by atoms with van der Waals surface area (Å²) in [5.74, 6) is -0.946. The number of aromatic nitrogens is 1. The van der Waals surface area contributed by atoms with Gasteiger partial charge in [-0.25, -0.2) is 12.8 Å². The van der Waals surface area contributed by atoms with Gasteiger partial charge in [0, 0.05) is 30.2 Å². The number of nitrogens with zero attached hydrogens (tertiary/aromatic N) is 2. The van der Waals surface area contributed by atoms with Gasteiger partial charge in [0.25, 0.3) is 5.91 Å². The summed E-state index contributed by atoms with van der Waals surface area (Å²) in [6, 6.07) is 12.0. The SMILES string of the molecule is CC(C)(C)CC1(O)CCN(C(=O)c2ccc(CS(=O)(=O)c3ccc(F)c4cccnc34)cc2)CC1. The molecule has 3 aromatic rings. The van der Waals surface area contributed by atoms with E-state index in [1.165, 1.54) is 18.3 Å². The van der Waals surface area contributed by atoms with E-state index in [-0.39, 0.29) is 32.9 Å². The molecule has 1 N–H and O–H groups in total. The first-order chi connectivity index (χ1) is 16.4. The van der Waals surface area contributed by atoms with Crippen molar-refractivity contribution < 1.29 is 22.7 Å². The van der Waals surface area contributed by atoms with Crippen molar-refractivity contribution >= 4 is 26.6 Å². The average Bonchev–Trinajstić information content (AvgIpc) is 2.78. The second kappa shape index (κ2) is 9.32. The third kappa shape index (κ3) is 5.70. The number of hydrogen-bond acceptors (Lipinski definition) is 5. The highest BCUT2D eigenvalue weighted by Gasteiger charge is 2.37. The van der Waals surface area contributed by atoms with Crippen molar-refractivity contribution in [1.29, 1.82) is 0 Å². The lowest BCUT2D eigenvalue weighted by Gasteiger charge is -2.41. The Labute approximate surface area is 205 Å². The molecule has 2 heterocycles. The Morgan fingerprint density at radius 1 is 1.09 bits per heavy atom. The summed E-state index contributed by atoms with van der Waals surface area (Å²) in [4.78, 5) is 18.8. The minimum absolute atomic E-state index is 0.00730. The zero-order chi connectivity index (χ0) is 25.4. The number of pyridine rings is 1. The van der Waals surface area contributed by atoms with Crippen LogP contribution in [0, 0.1) is 11.2 Å². The molecule has 1 fully saturated rings. The zero-order valence-corrected chi connectivity index (χ0v) is 21.1. The van der Waals surface area contributed by atoms with Crippen molar-refractivity contribution in [2.24, 2.45) is 5.41 Å². The Hall–Kier alpha value is -2.84. The van der Waals surface area contributed by atoms with Crippen LogP contribution in [0.4, 0.5) is 4.39 Å². The molecular formula is C27H31FN2O4S. The van der Waals surface area contributed by atoms with Crippen LogP contribution in [0.25, 0.3) is 10.9 Å². The maximum Gasteiger partial charge on any atom is 0.253 e. The molecule has 1 amide bonds. The predicted octanol–water partition coefficient (Wildman–Crippen LogP) is 4.75. The molecule has 1 aliphatic rings. The van der Waals surface area contributed by atoms with E-state index in [4.69, 9.17) is 0 Å². The van der Waals surface area contributed by atoms with E-state index in [1.54, 1.807) is 35.2 Å². The Bertz CT molecular complexity index is 1340. The van der Waals surface area contributed by atoms with Crippen LogP contribution < -0.4 is 0 Å². The predicted molar refractivity (Wildman–Crippen MR) is 133 cm³/mol. The van der Waals surface area contributed by atoms with E-state index in [0.29, 0.717) is 43.5 Å². The molecule has 2 aromatic carbocycles. The van der Waals surface area contributed by atoms with Gasteiger partial charge in [-0.05, 0) is 66.6 Å². The van der Waals surface area contributed by atoms with Crippen molar-refractivity contribution in [1.82, 2.24) is 9.88 Å². The Kier molecular flexibility index (Phi) is 6.72. The maximum absolute atomic E-state index is 14.1. The molecule has 0 bridgehead atoms. The summed E-state index contributed by atoms with van der Waals surface area (Å²) < 4.78 is 40.3. The van der Waals surface area contributed by atoms with Gasteiger partial charge in [-0.2, -0.15) is 0 Å². The minimum Gasteiger partial charge on any atom is -0.390 e. The number of halogens is 1. The number of aliphatic hydroxyl groups is 1. The highest BCUT2D eigenvalue weighted by Crippen LogP contribution is 2.35. The first kappa shape index (κ1) is 25.3. The molecule has 1 aliphatic heterocycles. The number of fused-ring (bicyclic) bond motifs is 1. The molecule has 1 aromatic heterocycles. The number of likely N-dealkylation sites (tertiary alicyclic amines) is 1. The quantitative estimate of drug-likeness (QED) is 0.513. The van der Waals surface area contributed by atoms with Gasteiger partial charge in [0.15, 0.2) is 9.84 Å². The fraction of sp³-hybridized carbons (Fsp3) is 0.407. The summed E-state index contributed by atoms with van der Waals surface area (Å²) in [6.07, 6.45) is 3.19. The van der Waals surface area contributed by atoms with Gasteiger partial charge < -0.3 is 10.0 Å². The molecule has 0 aliphatic carbocycles. The second-order valence-electron chi connectivity index (χ2n) is 10.7. The lowest BCUT2D eigenvalue weighted by molar-refractivity contribution is -0.0436. The summed E-state index contributed by atoms with van der Waals surface area (Å²) in [6.45, 7) is 7.25. The highest BCUT2D eigenvalue weighted by molar-refractivity contribution is 7.90. The largest absolute Gasteiger partial charge is 0.390 e. The lowest BCUT2D eigenvalue weighted by atomic mass is 9.77. The van der Waals surface area contributed by atoms with Crippen LogP contribution in [0.3, 0.4) is 0 Å². The van der Waals surface area contributed by atoms with E-state index in [9.17, 15) is 22.7 Å². The Morgan fingerprint density at radius 2 is 1.74 bits per heavy atom. The number of benzene rings is 2. The molecule has 1 saturated heterocycles. The summed E-state index contributed by atoms with van der Waals surface area (Å²) in [5.41, 5.74) is 0.352. The van der Waals surface area contributed by atoms with Gasteiger partial charge >= 0.3 is 0 Å². The topological polar surface area (TPSA) is 87.6 Å². The van der Waals surface area contributed by atoms with Crippen molar-refractivity contribution in [3.8, 4) is 0 Å². The van der Waals surface area contributed by atoms with E-state index < -0.39 is 21.3 Å². The maximum atomic E-state index is 14.1. The number of amides is 1. The van der Waals surface area contributed by atoms with E-state index in [0.717, 1.165) is 6.07 Å². The third-order valence-electron chi connectivity index (χ3n) is 6.41. The highest BCUT2D eigenvalue weighted by atomic mass is 32.2. The van der Waals surface area contributed by atoms with Gasteiger partial charge in [0.1, 0.15) is 5.82 Å². The van der Waals surface area contributed by atoms with Gasteiger partial charge in [-0.15, -0.1) is 0 Å². The van der Waals surface area contributed by atoms with E-state index >= 15 is 0 Å². The molecule has 0 radical (unpaired) electrons. The molecule has 0 atom stereocenters. The molecule has 0 unspecified atom stereocenters. The van der Waals surface area contributed by atoms with Crippen LogP contribution in [-0.2, 0) is 15.6 Å². The molecule has 4 rings (SSSR count). The van der Waals surface area contributed by atoms with Gasteiger partial charge in [-0.3, -0.25) is 9.78 Å². The molecule has 8 heteroatoms. The van der Waals surface area contributed by atoms with Crippen molar-refractivity contribution in [2.75, 3.05) is 13.1 Å². The molecule has 186 valence electrons. The fourth-order valence-electron chi connectivity index (χ4n) is 4.88. The van der Waals surface area contributed by atoms with Crippen molar-refractivity contribution in [3.63, 3.8) is 0 Å². The van der Waals surface area contributed by atoms with Crippen LogP contribution in [0.1, 0.15) is 56.0 Å². The zero-order valence-electron chi connectivity index (χ0n) is 20.3. The summed E-state index contributed by atoms with van der Waals surface area (Å²) in [5, 5.41) is 11.0. The number of carbonyl (C=O) groups is 1. The van der Waals surface area contributed by atoms with E-state index in [2.05, 4.69) is 25.8 Å². The number of piperidine rings is 1. The first-order valence-corrected chi connectivity index (χ1v) is 13.4. The van der Waals surface area contributed by atoms with Crippen molar-refractivity contribution in [2.45, 2.75) is 56.3 Å². The van der Waals surface area contributed by atoms with Gasteiger partial charge in [0.2, 0.25) is 0 Å². The van der Waals surface area contributed by atoms with Crippen molar-refractivity contribution in [3.05, 3.63) is 71.7 Å². The summed E-state index contributed by atoms with van der Waals surface area (Å²) in [7, 11) is -3.79. The second-order valence-corrected chi connectivity index (χ2v) is 12.6. The fourth-order valence-corrected chi connectivity index (χ4v) is 6.40. The molecule has 35 heavy (non-hydrogen) atoms. The molecule has 0 saturated carbocycles. The van der Waals surface area contributed by atoms with Crippen LogP contribution in [0.15, 0.2) is 59.6 Å². The van der Waals surface area contributed by atoms with Gasteiger partial charge in [-0.1, -0.05) is 32.9 Å². The first-order valence-electron chi connectivity index (χ1n) is 11.7. The van der Waals surface area contributed by atoms with Crippen LogP contribution in [0.5, 0.6) is 0 Å². The minimum atomic E-state index is -3.79. The number of carbonyl (C=O) groups excluding carboxylic acids is 1. The molecule has 6 nitrogen and oxygen atoms in total. The van der Waals surface area contributed by atoms with Crippen LogP contribution in [0.2, 0.25) is 0 Å². The van der Waals surface area contributed by atoms with Crippen LogP contribution in [-0.4, -0.2) is 48.0 Å². The Balaban J connectivity index is 1.45. The number of hydrogen-bond donors (Lipinski definition) is 1. The molecular weight excluding hydrogens is 467 g/mol. The normalized spacial score (nSPS) is 16.4. The number of rotatable bonds is 5. The van der Waals surface area contributed by atoms with Gasteiger partial charge in [0.05, 0.1) is 21.8 Å². The monoisotopic (exact) mass is 498 g/mol. The third-order valence-corrected chi connectivity index (χ3v) is 8.13. The Morgan fingerprint density at radius 3 is 2.37 bits per heavy atom. The molecule has 0 spiro atoms. The smallest absolute Gasteiger partial charge is 0.253 e. The van der Waals surface area contributed by atoms with Crippen LogP contribution >= 0.6 is 0 Å².